The maximum Gasteiger partial charge on any atom is 0.303 e. The SMILES string of the molecule is Cc1cc(-c2[nH][nH]c(=O)c2CCC(=O)O)ccc1F. The van der Waals surface area contributed by atoms with Crippen molar-refractivity contribution in [3.63, 3.8) is 0 Å². The molecule has 0 fully saturated rings. The van der Waals surface area contributed by atoms with E-state index in [1.807, 2.05) is 0 Å². The second-order valence-electron chi connectivity index (χ2n) is 4.29. The van der Waals surface area contributed by atoms with Crippen molar-refractivity contribution in [2.45, 2.75) is 19.8 Å². The van der Waals surface area contributed by atoms with Gasteiger partial charge in [0.2, 0.25) is 0 Å². The predicted octanol–water partition coefficient (Wildman–Crippen LogP) is 1.83. The summed E-state index contributed by atoms with van der Waals surface area (Å²) < 4.78 is 13.2. The molecule has 0 spiro atoms. The molecule has 100 valence electrons. The highest BCUT2D eigenvalue weighted by atomic mass is 19.1. The van der Waals surface area contributed by atoms with Gasteiger partial charge in [-0.25, -0.2) is 4.39 Å². The number of carboxylic acids is 1. The monoisotopic (exact) mass is 264 g/mol. The standard InChI is InChI=1S/C13H13FN2O3/c1-7-6-8(2-4-10(7)14)12-9(3-5-11(17)18)13(19)16-15-12/h2,4,6H,3,5H2,1H3,(H,17,18)(H2,15,16,19). The molecule has 0 radical (unpaired) electrons. The van der Waals surface area contributed by atoms with E-state index in [1.165, 1.54) is 6.07 Å². The van der Waals surface area contributed by atoms with Gasteiger partial charge in [-0.2, -0.15) is 0 Å². The van der Waals surface area contributed by atoms with Crippen LogP contribution >= 0.6 is 0 Å². The number of hydrogen-bond acceptors (Lipinski definition) is 2. The fourth-order valence-corrected chi connectivity index (χ4v) is 1.90. The minimum atomic E-state index is -0.971. The number of aryl methyl sites for hydroxylation is 1. The first-order valence-corrected chi connectivity index (χ1v) is 5.77. The number of hydrogen-bond donors (Lipinski definition) is 3. The molecule has 2 aromatic rings. The molecule has 1 heterocycles. The van der Waals surface area contributed by atoms with Gasteiger partial charge in [0.1, 0.15) is 5.82 Å². The average Bonchev–Trinajstić information content (AvgIpc) is 2.71. The Morgan fingerprint density at radius 1 is 1.37 bits per heavy atom. The van der Waals surface area contributed by atoms with Crippen molar-refractivity contribution in [1.29, 1.82) is 0 Å². The summed E-state index contributed by atoms with van der Waals surface area (Å²) >= 11 is 0. The molecule has 0 aliphatic heterocycles. The average molecular weight is 264 g/mol. The molecule has 1 aromatic heterocycles. The van der Waals surface area contributed by atoms with Crippen LogP contribution in [0.1, 0.15) is 17.5 Å². The number of H-pyrrole nitrogens is 2. The van der Waals surface area contributed by atoms with Crippen LogP contribution in [0.4, 0.5) is 4.39 Å². The van der Waals surface area contributed by atoms with Crippen LogP contribution in [0.15, 0.2) is 23.0 Å². The first-order chi connectivity index (χ1) is 8.99. The predicted molar refractivity (Wildman–Crippen MR) is 67.5 cm³/mol. The summed E-state index contributed by atoms with van der Waals surface area (Å²) in [5, 5.41) is 13.8. The van der Waals surface area contributed by atoms with E-state index >= 15 is 0 Å². The number of aliphatic carboxylic acids is 1. The van der Waals surface area contributed by atoms with E-state index < -0.39 is 5.97 Å². The molecule has 3 N–H and O–H groups in total. The molecule has 6 heteroatoms. The quantitative estimate of drug-likeness (QED) is 0.787. The van der Waals surface area contributed by atoms with E-state index in [2.05, 4.69) is 10.2 Å². The minimum Gasteiger partial charge on any atom is -0.481 e. The van der Waals surface area contributed by atoms with Crippen LogP contribution in [-0.2, 0) is 11.2 Å². The first kappa shape index (κ1) is 13.1. The summed E-state index contributed by atoms with van der Waals surface area (Å²) in [5.74, 6) is -1.30. The highest BCUT2D eigenvalue weighted by molar-refractivity contribution is 5.69. The summed E-state index contributed by atoms with van der Waals surface area (Å²) in [4.78, 5) is 22.2. The molecular formula is C13H13FN2O3. The minimum absolute atomic E-state index is 0.125. The van der Waals surface area contributed by atoms with E-state index in [-0.39, 0.29) is 24.2 Å². The molecule has 2 rings (SSSR count). The van der Waals surface area contributed by atoms with Gasteiger partial charge in [0, 0.05) is 17.5 Å². The van der Waals surface area contributed by atoms with Crippen LogP contribution in [0.25, 0.3) is 11.3 Å². The van der Waals surface area contributed by atoms with Crippen molar-refractivity contribution in [3.8, 4) is 11.3 Å². The summed E-state index contributed by atoms with van der Waals surface area (Å²) in [6.07, 6.45) is -0.00592. The number of carbonyl (C=O) groups is 1. The molecule has 0 aliphatic rings. The fourth-order valence-electron chi connectivity index (χ4n) is 1.90. The number of aromatic nitrogens is 2. The van der Waals surface area contributed by atoms with Gasteiger partial charge in [-0.1, -0.05) is 0 Å². The van der Waals surface area contributed by atoms with E-state index in [0.29, 0.717) is 22.4 Å². The molecule has 0 saturated heterocycles. The van der Waals surface area contributed by atoms with E-state index in [0.717, 1.165) is 0 Å². The number of aromatic amines is 2. The molecular weight excluding hydrogens is 251 g/mol. The van der Waals surface area contributed by atoms with Crippen molar-refractivity contribution in [2.24, 2.45) is 0 Å². The van der Waals surface area contributed by atoms with Gasteiger partial charge in [-0.05, 0) is 37.1 Å². The van der Waals surface area contributed by atoms with Gasteiger partial charge < -0.3 is 5.11 Å². The van der Waals surface area contributed by atoms with Crippen molar-refractivity contribution < 1.29 is 14.3 Å². The Balaban J connectivity index is 2.41. The lowest BCUT2D eigenvalue weighted by atomic mass is 10.0. The van der Waals surface area contributed by atoms with Crippen LogP contribution in [0.5, 0.6) is 0 Å². The van der Waals surface area contributed by atoms with Crippen LogP contribution in [0.2, 0.25) is 0 Å². The van der Waals surface area contributed by atoms with Gasteiger partial charge in [0.05, 0.1) is 5.69 Å². The van der Waals surface area contributed by atoms with Crippen LogP contribution in [0, 0.1) is 12.7 Å². The second kappa shape index (κ2) is 5.09. The van der Waals surface area contributed by atoms with Gasteiger partial charge >= 0.3 is 5.97 Å². The molecule has 0 unspecified atom stereocenters. The Morgan fingerprint density at radius 3 is 2.74 bits per heavy atom. The summed E-state index contributed by atoms with van der Waals surface area (Å²) in [7, 11) is 0. The normalized spacial score (nSPS) is 10.6. The van der Waals surface area contributed by atoms with Gasteiger partial charge in [-0.3, -0.25) is 19.8 Å². The Morgan fingerprint density at radius 2 is 2.11 bits per heavy atom. The van der Waals surface area contributed by atoms with E-state index in [9.17, 15) is 14.0 Å². The number of nitrogens with one attached hydrogen (secondary N) is 2. The fraction of sp³-hybridized carbons (Fsp3) is 0.231. The molecule has 0 aliphatic carbocycles. The lowest BCUT2D eigenvalue weighted by Gasteiger charge is -2.04. The lowest BCUT2D eigenvalue weighted by molar-refractivity contribution is -0.136. The van der Waals surface area contributed by atoms with Crippen molar-refractivity contribution in [1.82, 2.24) is 10.2 Å². The lowest BCUT2D eigenvalue weighted by Crippen LogP contribution is -2.08. The number of halogens is 1. The third-order valence-corrected chi connectivity index (χ3v) is 2.91. The highest BCUT2D eigenvalue weighted by Gasteiger charge is 2.14. The van der Waals surface area contributed by atoms with Crippen molar-refractivity contribution in [2.75, 3.05) is 0 Å². The van der Waals surface area contributed by atoms with Crippen LogP contribution < -0.4 is 5.56 Å². The molecule has 5 nitrogen and oxygen atoms in total. The summed E-state index contributed by atoms with van der Waals surface area (Å²) in [5.41, 5.74) is 1.64. The summed E-state index contributed by atoms with van der Waals surface area (Å²) in [6.45, 7) is 1.63. The molecule has 19 heavy (non-hydrogen) atoms. The van der Waals surface area contributed by atoms with E-state index in [1.54, 1.807) is 19.1 Å². The topological polar surface area (TPSA) is 86.0 Å². The second-order valence-corrected chi connectivity index (χ2v) is 4.29. The summed E-state index contributed by atoms with van der Waals surface area (Å²) in [6, 6.07) is 4.47. The molecule has 1 aromatic carbocycles. The van der Waals surface area contributed by atoms with Crippen LogP contribution in [0.3, 0.4) is 0 Å². The van der Waals surface area contributed by atoms with E-state index in [4.69, 9.17) is 5.11 Å². The Hall–Kier alpha value is -2.37. The smallest absolute Gasteiger partial charge is 0.303 e. The maximum atomic E-state index is 13.2. The third kappa shape index (κ3) is 2.73. The largest absolute Gasteiger partial charge is 0.481 e. The number of carboxylic acid groups (broad SMARTS) is 1. The molecule has 0 atom stereocenters. The number of rotatable bonds is 4. The Bertz CT molecular complexity index is 673. The molecule has 0 amide bonds. The first-order valence-electron chi connectivity index (χ1n) is 5.77. The third-order valence-electron chi connectivity index (χ3n) is 2.91. The zero-order chi connectivity index (χ0) is 14.0. The van der Waals surface area contributed by atoms with Crippen molar-refractivity contribution in [3.05, 3.63) is 45.5 Å². The van der Waals surface area contributed by atoms with Gasteiger partial charge in [0.25, 0.3) is 5.56 Å². The van der Waals surface area contributed by atoms with Crippen molar-refractivity contribution >= 4 is 5.97 Å². The zero-order valence-electron chi connectivity index (χ0n) is 10.3. The van der Waals surface area contributed by atoms with Gasteiger partial charge in [-0.15, -0.1) is 0 Å². The Kier molecular flexibility index (Phi) is 3.50. The van der Waals surface area contributed by atoms with Gasteiger partial charge in [0.15, 0.2) is 0 Å². The Labute approximate surface area is 108 Å². The zero-order valence-corrected chi connectivity index (χ0v) is 10.3. The highest BCUT2D eigenvalue weighted by Crippen LogP contribution is 2.22. The van der Waals surface area contributed by atoms with Crippen LogP contribution in [-0.4, -0.2) is 21.3 Å². The number of benzene rings is 1. The molecule has 0 bridgehead atoms. The maximum absolute atomic E-state index is 13.2. The molecule has 0 saturated carbocycles.